The smallest absolute Gasteiger partial charge is 0.217 e. The van der Waals surface area contributed by atoms with E-state index in [9.17, 15) is 4.79 Å². The first-order chi connectivity index (χ1) is 6.22. The molecule has 4 heteroatoms. The molecule has 1 amide bonds. The van der Waals surface area contributed by atoms with Crippen molar-refractivity contribution in [3.05, 3.63) is 0 Å². The zero-order chi connectivity index (χ0) is 9.68. The molecule has 3 N–H and O–H groups in total. The Hall–Kier alpha value is -0.610. The van der Waals surface area contributed by atoms with Crippen LogP contribution in [0.2, 0.25) is 0 Å². The van der Waals surface area contributed by atoms with Crippen LogP contribution in [0.1, 0.15) is 19.8 Å². The maximum absolute atomic E-state index is 10.8. The van der Waals surface area contributed by atoms with Gasteiger partial charge in [0.05, 0.1) is 0 Å². The molecule has 1 atom stereocenters. The number of nitrogens with one attached hydrogen (secondary N) is 1. The Morgan fingerprint density at radius 1 is 1.69 bits per heavy atom. The molecule has 1 fully saturated rings. The van der Waals surface area contributed by atoms with E-state index in [1.165, 1.54) is 0 Å². The number of carbonyl (C=O) groups is 1. The molecular formula is C9H19N3O. The van der Waals surface area contributed by atoms with Gasteiger partial charge in [0.1, 0.15) is 0 Å². The Kier molecular flexibility index (Phi) is 4.18. The van der Waals surface area contributed by atoms with E-state index in [0.717, 1.165) is 39.0 Å². The third kappa shape index (κ3) is 3.74. The number of hydrogen-bond acceptors (Lipinski definition) is 3. The number of amides is 1. The lowest BCUT2D eigenvalue weighted by Gasteiger charge is -2.15. The summed E-state index contributed by atoms with van der Waals surface area (Å²) >= 11 is 0. The molecule has 1 aliphatic heterocycles. The summed E-state index contributed by atoms with van der Waals surface area (Å²) in [6.45, 7) is 5.46. The maximum Gasteiger partial charge on any atom is 0.217 e. The highest BCUT2D eigenvalue weighted by molar-refractivity contribution is 5.73. The molecule has 0 radical (unpaired) electrons. The summed E-state index contributed by atoms with van der Waals surface area (Å²) in [7, 11) is 0. The molecule has 4 nitrogen and oxygen atoms in total. The average molecular weight is 185 g/mol. The summed E-state index contributed by atoms with van der Waals surface area (Å²) in [6, 6.07) is 0.357. The molecule has 13 heavy (non-hydrogen) atoms. The Morgan fingerprint density at radius 3 is 3.08 bits per heavy atom. The van der Waals surface area contributed by atoms with Crippen LogP contribution in [-0.4, -0.2) is 43.0 Å². The Labute approximate surface area is 79.5 Å². The van der Waals surface area contributed by atoms with Gasteiger partial charge < -0.3 is 16.0 Å². The van der Waals surface area contributed by atoms with Crippen LogP contribution in [0.25, 0.3) is 0 Å². The lowest BCUT2D eigenvalue weighted by molar-refractivity contribution is -0.119. The van der Waals surface area contributed by atoms with Crippen molar-refractivity contribution >= 4 is 5.91 Å². The zero-order valence-electron chi connectivity index (χ0n) is 8.25. The fourth-order valence-corrected chi connectivity index (χ4v) is 1.76. The number of carbonyl (C=O) groups excluding carboxylic acids is 1. The fourth-order valence-electron chi connectivity index (χ4n) is 1.76. The van der Waals surface area contributed by atoms with Crippen LogP contribution in [0.5, 0.6) is 0 Å². The van der Waals surface area contributed by atoms with E-state index in [4.69, 9.17) is 5.73 Å². The van der Waals surface area contributed by atoms with E-state index in [-0.39, 0.29) is 5.91 Å². The van der Waals surface area contributed by atoms with Crippen molar-refractivity contribution in [1.82, 2.24) is 10.2 Å². The van der Waals surface area contributed by atoms with Gasteiger partial charge in [0, 0.05) is 26.1 Å². The summed E-state index contributed by atoms with van der Waals surface area (Å²) < 4.78 is 0. The highest BCUT2D eigenvalue weighted by Crippen LogP contribution is 2.08. The Bertz CT molecular complexity index is 172. The summed E-state index contributed by atoms with van der Waals surface area (Å²) in [6.07, 6.45) is 2.12. The minimum atomic E-state index is 0.0747. The molecule has 1 unspecified atom stereocenters. The van der Waals surface area contributed by atoms with Crippen molar-refractivity contribution < 1.29 is 4.79 Å². The number of rotatable bonds is 4. The van der Waals surface area contributed by atoms with Crippen LogP contribution < -0.4 is 11.1 Å². The van der Waals surface area contributed by atoms with Crippen LogP contribution in [0.4, 0.5) is 0 Å². The predicted octanol–water partition coefficient (Wildman–Crippen LogP) is -0.454. The number of hydrogen-bond donors (Lipinski definition) is 2. The topological polar surface area (TPSA) is 58.4 Å². The summed E-state index contributed by atoms with van der Waals surface area (Å²) in [4.78, 5) is 13.1. The molecule has 0 aromatic heterocycles. The first-order valence-corrected chi connectivity index (χ1v) is 4.92. The second-order valence-corrected chi connectivity index (χ2v) is 3.63. The van der Waals surface area contributed by atoms with Crippen molar-refractivity contribution in [2.75, 3.05) is 26.2 Å². The van der Waals surface area contributed by atoms with Crippen molar-refractivity contribution in [3.8, 4) is 0 Å². The molecular weight excluding hydrogens is 166 g/mol. The van der Waals surface area contributed by atoms with Gasteiger partial charge in [0.15, 0.2) is 0 Å². The SMILES string of the molecule is CC(=O)NC1CCN(CCCN)C1. The third-order valence-electron chi connectivity index (χ3n) is 2.36. The van der Waals surface area contributed by atoms with Crippen LogP contribution in [0, 0.1) is 0 Å². The predicted molar refractivity (Wildman–Crippen MR) is 52.3 cm³/mol. The van der Waals surface area contributed by atoms with Crippen LogP contribution in [0.3, 0.4) is 0 Å². The van der Waals surface area contributed by atoms with Crippen molar-refractivity contribution in [2.45, 2.75) is 25.8 Å². The third-order valence-corrected chi connectivity index (χ3v) is 2.36. The lowest BCUT2D eigenvalue weighted by atomic mass is 10.2. The van der Waals surface area contributed by atoms with Crippen molar-refractivity contribution in [2.24, 2.45) is 5.73 Å². The van der Waals surface area contributed by atoms with Gasteiger partial charge in [0.25, 0.3) is 0 Å². The summed E-state index contributed by atoms with van der Waals surface area (Å²) in [5.41, 5.74) is 5.43. The van der Waals surface area contributed by atoms with E-state index in [2.05, 4.69) is 10.2 Å². The Balaban J connectivity index is 2.16. The minimum absolute atomic E-state index is 0.0747. The number of likely N-dealkylation sites (tertiary alicyclic amines) is 1. The van der Waals surface area contributed by atoms with Crippen LogP contribution in [0.15, 0.2) is 0 Å². The van der Waals surface area contributed by atoms with Crippen molar-refractivity contribution in [3.63, 3.8) is 0 Å². The van der Waals surface area contributed by atoms with Crippen LogP contribution in [-0.2, 0) is 4.79 Å². The molecule has 76 valence electrons. The standard InChI is InChI=1S/C9H19N3O/c1-8(13)11-9-3-6-12(7-9)5-2-4-10/h9H,2-7,10H2,1H3,(H,11,13). The molecule has 1 rings (SSSR count). The molecule has 0 bridgehead atoms. The highest BCUT2D eigenvalue weighted by Gasteiger charge is 2.21. The largest absolute Gasteiger partial charge is 0.352 e. The van der Waals surface area contributed by atoms with E-state index < -0.39 is 0 Å². The fraction of sp³-hybridized carbons (Fsp3) is 0.889. The molecule has 0 spiro atoms. The van der Waals surface area contributed by atoms with Crippen LogP contribution >= 0.6 is 0 Å². The van der Waals surface area contributed by atoms with Gasteiger partial charge in [-0.15, -0.1) is 0 Å². The van der Waals surface area contributed by atoms with Gasteiger partial charge in [-0.25, -0.2) is 0 Å². The average Bonchev–Trinajstić information content (AvgIpc) is 2.48. The van der Waals surface area contributed by atoms with Gasteiger partial charge in [0.2, 0.25) is 5.91 Å². The van der Waals surface area contributed by atoms with Gasteiger partial charge in [-0.05, 0) is 25.9 Å². The molecule has 0 aliphatic carbocycles. The summed E-state index contributed by atoms with van der Waals surface area (Å²) in [5, 5.41) is 2.94. The first kappa shape index (κ1) is 10.5. The molecule has 1 aliphatic rings. The quantitative estimate of drug-likeness (QED) is 0.623. The number of nitrogens with two attached hydrogens (primary N) is 1. The van der Waals surface area contributed by atoms with Gasteiger partial charge >= 0.3 is 0 Å². The first-order valence-electron chi connectivity index (χ1n) is 4.92. The van der Waals surface area contributed by atoms with Gasteiger partial charge in [-0.2, -0.15) is 0 Å². The van der Waals surface area contributed by atoms with E-state index >= 15 is 0 Å². The van der Waals surface area contributed by atoms with Gasteiger partial charge in [-0.3, -0.25) is 4.79 Å². The summed E-state index contributed by atoms with van der Waals surface area (Å²) in [5.74, 6) is 0.0747. The monoisotopic (exact) mass is 185 g/mol. The molecule has 0 aromatic rings. The van der Waals surface area contributed by atoms with Gasteiger partial charge in [-0.1, -0.05) is 0 Å². The highest BCUT2D eigenvalue weighted by atomic mass is 16.1. The molecule has 0 saturated carbocycles. The molecule has 0 aromatic carbocycles. The number of nitrogens with zero attached hydrogens (tertiary/aromatic N) is 1. The maximum atomic E-state index is 10.8. The lowest BCUT2D eigenvalue weighted by Crippen LogP contribution is -2.35. The second kappa shape index (κ2) is 5.19. The normalized spacial score (nSPS) is 23.4. The zero-order valence-corrected chi connectivity index (χ0v) is 8.25. The Morgan fingerprint density at radius 2 is 2.46 bits per heavy atom. The van der Waals surface area contributed by atoms with Crippen molar-refractivity contribution in [1.29, 1.82) is 0 Å². The van der Waals surface area contributed by atoms with E-state index in [1.54, 1.807) is 6.92 Å². The molecule has 1 heterocycles. The van der Waals surface area contributed by atoms with E-state index in [1.807, 2.05) is 0 Å². The second-order valence-electron chi connectivity index (χ2n) is 3.63. The molecule has 1 saturated heterocycles. The van der Waals surface area contributed by atoms with E-state index in [0.29, 0.717) is 6.04 Å². The minimum Gasteiger partial charge on any atom is -0.352 e.